The van der Waals surface area contributed by atoms with Gasteiger partial charge in [-0.15, -0.1) is 0 Å². The fourth-order valence-corrected chi connectivity index (χ4v) is 4.18. The zero-order chi connectivity index (χ0) is 23.7. The Bertz CT molecular complexity index is 1370. The van der Waals surface area contributed by atoms with E-state index < -0.39 is 5.95 Å². The van der Waals surface area contributed by atoms with Crippen LogP contribution in [0.15, 0.2) is 61.4 Å². The van der Waals surface area contributed by atoms with E-state index in [2.05, 4.69) is 26.6 Å². The lowest BCUT2D eigenvalue weighted by Gasteiger charge is -2.32. The molecule has 1 unspecified atom stereocenters. The van der Waals surface area contributed by atoms with Crippen LogP contribution in [0.3, 0.4) is 0 Å². The molecule has 1 aliphatic heterocycles. The van der Waals surface area contributed by atoms with E-state index in [0.717, 1.165) is 12.8 Å². The van der Waals surface area contributed by atoms with Gasteiger partial charge in [0, 0.05) is 19.2 Å². The van der Waals surface area contributed by atoms with E-state index in [1.807, 2.05) is 18.2 Å². The number of rotatable bonds is 5. The van der Waals surface area contributed by atoms with Crippen molar-refractivity contribution in [2.75, 3.05) is 18.8 Å². The number of anilines is 1. The average molecular weight is 459 g/mol. The molecule has 1 saturated heterocycles. The number of ether oxygens (including phenoxy) is 1. The van der Waals surface area contributed by atoms with Crippen molar-refractivity contribution in [3.8, 4) is 22.9 Å². The van der Waals surface area contributed by atoms with Crippen LogP contribution in [0.25, 0.3) is 22.3 Å². The highest BCUT2D eigenvalue weighted by molar-refractivity contribution is 5.98. The maximum absolute atomic E-state index is 15.2. The minimum Gasteiger partial charge on any atom is -0.439 e. The number of nitrogens with zero attached hydrogens (tertiary/aromatic N) is 6. The molecular weight excluding hydrogens is 437 g/mol. The fraction of sp³-hybridized carbons (Fsp3) is 0.208. The second-order valence-corrected chi connectivity index (χ2v) is 7.94. The van der Waals surface area contributed by atoms with Crippen LogP contribution in [0.2, 0.25) is 0 Å². The molecule has 1 fully saturated rings. The van der Waals surface area contributed by atoms with Crippen LogP contribution in [-0.4, -0.2) is 48.6 Å². The number of halogens is 1. The molecule has 0 radical (unpaired) electrons. The molecule has 4 heterocycles. The fourth-order valence-electron chi connectivity index (χ4n) is 4.18. The molecule has 4 aromatic rings. The number of para-hydroxylation sites is 1. The van der Waals surface area contributed by atoms with Crippen LogP contribution in [0, 0.1) is 5.95 Å². The van der Waals surface area contributed by atoms with Crippen molar-refractivity contribution in [1.82, 2.24) is 29.6 Å². The number of hydrogen-bond acceptors (Lipinski definition) is 7. The minimum atomic E-state index is -0.754. The molecule has 1 amide bonds. The van der Waals surface area contributed by atoms with E-state index >= 15 is 4.39 Å². The van der Waals surface area contributed by atoms with E-state index in [0.29, 0.717) is 29.9 Å². The van der Waals surface area contributed by atoms with Gasteiger partial charge in [0.1, 0.15) is 23.6 Å². The lowest BCUT2D eigenvalue weighted by Crippen LogP contribution is -2.40. The Morgan fingerprint density at radius 1 is 1.21 bits per heavy atom. The second kappa shape index (κ2) is 8.89. The first-order valence-corrected chi connectivity index (χ1v) is 10.8. The summed E-state index contributed by atoms with van der Waals surface area (Å²) in [5.41, 5.74) is 7.08. The lowest BCUT2D eigenvalue weighted by atomic mass is 10.1. The molecule has 0 saturated carbocycles. The Morgan fingerprint density at radius 2 is 2.03 bits per heavy atom. The highest BCUT2D eigenvalue weighted by Gasteiger charge is 2.28. The molecule has 1 aliphatic rings. The topological polar surface area (TPSA) is 112 Å². The van der Waals surface area contributed by atoms with Gasteiger partial charge in [0.15, 0.2) is 5.65 Å². The molecule has 172 valence electrons. The van der Waals surface area contributed by atoms with Gasteiger partial charge in [-0.1, -0.05) is 24.8 Å². The highest BCUT2D eigenvalue weighted by Crippen LogP contribution is 2.35. The van der Waals surface area contributed by atoms with E-state index in [4.69, 9.17) is 10.5 Å². The number of carbonyl (C=O) groups is 1. The van der Waals surface area contributed by atoms with Gasteiger partial charge in [-0.3, -0.25) is 4.79 Å². The Morgan fingerprint density at radius 3 is 2.79 bits per heavy atom. The maximum atomic E-state index is 15.2. The van der Waals surface area contributed by atoms with Gasteiger partial charge < -0.3 is 15.4 Å². The SMILES string of the molecule is C=CC(=O)N1CCCC(n2nc(-c3ccc(Oc4ccccc4)nc3F)c3c(N)ncnc32)C1. The molecule has 5 rings (SSSR count). The van der Waals surface area contributed by atoms with Crippen molar-refractivity contribution in [1.29, 1.82) is 0 Å². The first kappa shape index (κ1) is 21.5. The normalized spacial score (nSPS) is 15.9. The van der Waals surface area contributed by atoms with Crippen LogP contribution < -0.4 is 10.5 Å². The number of pyridine rings is 1. The molecule has 1 atom stereocenters. The molecular formula is C24H22FN7O2. The van der Waals surface area contributed by atoms with Crippen LogP contribution in [-0.2, 0) is 4.79 Å². The van der Waals surface area contributed by atoms with Crippen molar-refractivity contribution in [3.05, 3.63) is 67.4 Å². The number of carbonyl (C=O) groups excluding carboxylic acids is 1. The zero-order valence-electron chi connectivity index (χ0n) is 18.3. The first-order valence-electron chi connectivity index (χ1n) is 10.8. The van der Waals surface area contributed by atoms with Gasteiger partial charge in [0.2, 0.25) is 17.7 Å². The van der Waals surface area contributed by atoms with Crippen molar-refractivity contribution in [2.45, 2.75) is 18.9 Å². The summed E-state index contributed by atoms with van der Waals surface area (Å²) < 4.78 is 22.5. The largest absolute Gasteiger partial charge is 0.439 e. The lowest BCUT2D eigenvalue weighted by molar-refractivity contribution is -0.127. The number of hydrogen-bond donors (Lipinski definition) is 1. The zero-order valence-corrected chi connectivity index (χ0v) is 18.3. The van der Waals surface area contributed by atoms with Crippen LogP contribution in [0.1, 0.15) is 18.9 Å². The van der Waals surface area contributed by atoms with Crippen molar-refractivity contribution >= 4 is 22.8 Å². The van der Waals surface area contributed by atoms with Crippen LogP contribution in [0.4, 0.5) is 10.2 Å². The van der Waals surface area contributed by atoms with Gasteiger partial charge in [-0.25, -0.2) is 14.6 Å². The third-order valence-corrected chi connectivity index (χ3v) is 5.79. The first-order chi connectivity index (χ1) is 16.5. The maximum Gasteiger partial charge on any atom is 0.246 e. The summed E-state index contributed by atoms with van der Waals surface area (Å²) in [6, 6.07) is 12.0. The van der Waals surface area contributed by atoms with E-state index in [1.165, 1.54) is 12.4 Å². The second-order valence-electron chi connectivity index (χ2n) is 7.94. The highest BCUT2D eigenvalue weighted by atomic mass is 19.1. The number of nitrogen functional groups attached to an aromatic ring is 1. The molecule has 0 spiro atoms. The summed E-state index contributed by atoms with van der Waals surface area (Å²) in [4.78, 5) is 26.3. The Hall–Kier alpha value is -4.34. The van der Waals surface area contributed by atoms with E-state index in [9.17, 15) is 4.79 Å². The van der Waals surface area contributed by atoms with Gasteiger partial charge in [-0.05, 0) is 37.1 Å². The summed E-state index contributed by atoms with van der Waals surface area (Å²) in [6.07, 6.45) is 4.23. The third kappa shape index (κ3) is 3.94. The molecule has 1 aromatic carbocycles. The molecule has 34 heavy (non-hydrogen) atoms. The van der Waals surface area contributed by atoms with Crippen molar-refractivity contribution < 1.29 is 13.9 Å². The summed E-state index contributed by atoms with van der Waals surface area (Å²) in [5, 5.41) is 5.12. The van der Waals surface area contributed by atoms with Gasteiger partial charge in [-0.2, -0.15) is 14.5 Å². The van der Waals surface area contributed by atoms with E-state index in [1.54, 1.807) is 33.8 Å². The molecule has 9 nitrogen and oxygen atoms in total. The third-order valence-electron chi connectivity index (χ3n) is 5.79. The van der Waals surface area contributed by atoms with Gasteiger partial charge in [0.05, 0.1) is 17.0 Å². The Labute approximate surface area is 194 Å². The number of piperidine rings is 1. The predicted octanol–water partition coefficient (Wildman–Crippen LogP) is 3.75. The van der Waals surface area contributed by atoms with Gasteiger partial charge in [0.25, 0.3) is 0 Å². The quantitative estimate of drug-likeness (QED) is 0.357. The molecule has 0 aliphatic carbocycles. The number of benzene rings is 1. The monoisotopic (exact) mass is 459 g/mol. The summed E-state index contributed by atoms with van der Waals surface area (Å²) in [6.45, 7) is 4.66. The van der Waals surface area contributed by atoms with Crippen molar-refractivity contribution in [2.24, 2.45) is 0 Å². The molecule has 2 N–H and O–H groups in total. The van der Waals surface area contributed by atoms with Crippen molar-refractivity contribution in [3.63, 3.8) is 0 Å². The Kier molecular flexibility index (Phi) is 5.62. The smallest absolute Gasteiger partial charge is 0.246 e. The number of likely N-dealkylation sites (tertiary alicyclic amines) is 1. The van der Waals surface area contributed by atoms with Gasteiger partial charge >= 0.3 is 0 Å². The standard InChI is InChI=1S/C24H22FN7O2/c1-2-19(33)31-12-6-7-15(13-31)32-24-20(23(26)27-14-28-24)21(30-32)17-10-11-18(29-22(17)25)34-16-8-4-3-5-9-16/h2-5,8-11,14-15H,1,6-7,12-13H2,(H2,26,27,28). The van der Waals surface area contributed by atoms with E-state index in [-0.39, 0.29) is 34.9 Å². The predicted molar refractivity (Wildman–Crippen MR) is 124 cm³/mol. The molecule has 0 bridgehead atoms. The number of nitrogens with two attached hydrogens (primary N) is 1. The summed E-state index contributed by atoms with van der Waals surface area (Å²) in [7, 11) is 0. The van der Waals surface area contributed by atoms with Crippen LogP contribution >= 0.6 is 0 Å². The number of fused-ring (bicyclic) bond motifs is 1. The van der Waals surface area contributed by atoms with Crippen LogP contribution in [0.5, 0.6) is 11.6 Å². The molecule has 10 heteroatoms. The number of amides is 1. The summed E-state index contributed by atoms with van der Waals surface area (Å²) in [5.74, 6) is -0.0445. The number of aromatic nitrogens is 5. The molecule has 3 aromatic heterocycles. The minimum absolute atomic E-state index is 0.117. The Balaban J connectivity index is 1.54. The average Bonchev–Trinajstić information content (AvgIpc) is 3.25. The summed E-state index contributed by atoms with van der Waals surface area (Å²) >= 11 is 0.